The summed E-state index contributed by atoms with van der Waals surface area (Å²) in [6.45, 7) is -0.229. The molecular weight excluding hydrogens is 447 g/mol. The van der Waals surface area contributed by atoms with Crippen LogP contribution in [0.25, 0.3) is 16.1 Å². The zero-order valence-electron chi connectivity index (χ0n) is 16.3. The second-order valence-corrected chi connectivity index (χ2v) is 9.68. The number of benzene rings is 1. The number of aliphatic imine (C=N–C) groups is 1. The molecule has 0 spiro atoms. The first kappa shape index (κ1) is 22.7. The molecule has 5 nitrogen and oxygen atoms in total. The molecule has 0 aliphatic rings. The minimum Gasteiger partial charge on any atom is -0.398 e. The highest BCUT2D eigenvalue weighted by molar-refractivity contribution is 7.90. The van der Waals surface area contributed by atoms with Crippen molar-refractivity contribution in [2.24, 2.45) is 10.7 Å². The van der Waals surface area contributed by atoms with Crippen molar-refractivity contribution >= 4 is 32.6 Å². The molecule has 2 aromatic heterocycles. The third kappa shape index (κ3) is 6.02. The fourth-order valence-electron chi connectivity index (χ4n) is 2.62. The van der Waals surface area contributed by atoms with Crippen LogP contribution in [0.3, 0.4) is 0 Å². The van der Waals surface area contributed by atoms with Crippen LogP contribution in [0.2, 0.25) is 0 Å². The molecule has 0 aliphatic carbocycles. The third-order valence-electron chi connectivity index (χ3n) is 4.16. The van der Waals surface area contributed by atoms with E-state index >= 15 is 0 Å². The maximum absolute atomic E-state index is 13.4. The molecule has 0 saturated heterocycles. The van der Waals surface area contributed by atoms with Gasteiger partial charge in [-0.1, -0.05) is 18.2 Å². The molecule has 0 bridgehead atoms. The molecule has 0 unspecified atom stereocenters. The Balaban J connectivity index is 1.89. The van der Waals surface area contributed by atoms with E-state index in [1.807, 2.05) is 0 Å². The van der Waals surface area contributed by atoms with E-state index in [9.17, 15) is 21.6 Å². The van der Waals surface area contributed by atoms with Crippen LogP contribution in [0.1, 0.15) is 10.6 Å². The van der Waals surface area contributed by atoms with E-state index in [2.05, 4.69) is 9.98 Å². The summed E-state index contributed by atoms with van der Waals surface area (Å²) >= 11 is 1.16. The van der Waals surface area contributed by atoms with Crippen molar-refractivity contribution in [3.05, 3.63) is 77.4 Å². The summed E-state index contributed by atoms with van der Waals surface area (Å²) < 4.78 is 63.8. The van der Waals surface area contributed by atoms with Gasteiger partial charge in [0.2, 0.25) is 0 Å². The van der Waals surface area contributed by atoms with Crippen LogP contribution in [0.15, 0.2) is 76.8 Å². The van der Waals surface area contributed by atoms with Crippen LogP contribution in [-0.4, -0.2) is 31.5 Å². The highest BCUT2D eigenvalue weighted by Crippen LogP contribution is 2.32. The molecule has 31 heavy (non-hydrogen) atoms. The van der Waals surface area contributed by atoms with Crippen LogP contribution in [0, 0.1) is 0 Å². The molecule has 162 valence electrons. The molecule has 1 aromatic carbocycles. The fourth-order valence-corrected chi connectivity index (χ4v) is 4.22. The number of pyridine rings is 1. The largest absolute Gasteiger partial charge is 0.432 e. The number of hydrogen-bond acceptors (Lipinski definition) is 6. The summed E-state index contributed by atoms with van der Waals surface area (Å²) in [5.41, 5.74) is 5.77. The van der Waals surface area contributed by atoms with Gasteiger partial charge in [0.25, 0.3) is 0 Å². The molecule has 3 rings (SSSR count). The summed E-state index contributed by atoms with van der Waals surface area (Å²) in [7, 11) is -3.38. The van der Waals surface area contributed by atoms with Gasteiger partial charge in [0, 0.05) is 17.3 Å². The van der Waals surface area contributed by atoms with E-state index in [0.29, 0.717) is 21.0 Å². The first-order chi connectivity index (χ1) is 14.5. The molecule has 10 heteroatoms. The number of allylic oxidation sites excluding steroid dienone is 1. The van der Waals surface area contributed by atoms with Gasteiger partial charge in [0.1, 0.15) is 5.71 Å². The maximum atomic E-state index is 13.4. The van der Waals surface area contributed by atoms with E-state index in [0.717, 1.165) is 23.7 Å². The zero-order valence-corrected chi connectivity index (χ0v) is 17.9. The lowest BCUT2D eigenvalue weighted by Gasteiger charge is -2.08. The molecule has 0 atom stereocenters. The molecule has 2 N–H and O–H groups in total. The lowest BCUT2D eigenvalue weighted by atomic mass is 10.2. The van der Waals surface area contributed by atoms with E-state index < -0.39 is 21.7 Å². The summed E-state index contributed by atoms with van der Waals surface area (Å²) in [5.74, 6) is 0. The second kappa shape index (κ2) is 9.03. The summed E-state index contributed by atoms with van der Waals surface area (Å²) in [5, 5.41) is 0. The number of thiophene rings is 1. The molecule has 2 heterocycles. The monoisotopic (exact) mass is 465 g/mol. The van der Waals surface area contributed by atoms with E-state index in [1.54, 1.807) is 42.5 Å². The Morgan fingerprint density at radius 2 is 1.94 bits per heavy atom. The number of rotatable bonds is 6. The average Bonchev–Trinajstić information content (AvgIpc) is 3.21. The van der Waals surface area contributed by atoms with Gasteiger partial charge < -0.3 is 5.73 Å². The van der Waals surface area contributed by atoms with Gasteiger partial charge >= 0.3 is 6.18 Å². The van der Waals surface area contributed by atoms with Crippen LogP contribution in [0.4, 0.5) is 13.2 Å². The third-order valence-corrected chi connectivity index (χ3v) is 6.45. The van der Waals surface area contributed by atoms with E-state index in [1.165, 1.54) is 18.3 Å². The van der Waals surface area contributed by atoms with Gasteiger partial charge in [-0.05, 0) is 48.0 Å². The van der Waals surface area contributed by atoms with Crippen molar-refractivity contribution in [1.29, 1.82) is 0 Å². The maximum Gasteiger partial charge on any atom is 0.432 e. The van der Waals surface area contributed by atoms with Gasteiger partial charge in [0.15, 0.2) is 9.84 Å². The van der Waals surface area contributed by atoms with Crippen molar-refractivity contribution in [3.8, 4) is 10.4 Å². The minimum absolute atomic E-state index is 0.0902. The Morgan fingerprint density at radius 3 is 2.58 bits per heavy atom. The van der Waals surface area contributed by atoms with Crippen molar-refractivity contribution in [2.45, 2.75) is 17.6 Å². The van der Waals surface area contributed by atoms with Gasteiger partial charge in [0.05, 0.1) is 27.7 Å². The number of halogens is 3. The van der Waals surface area contributed by atoms with Crippen molar-refractivity contribution in [1.82, 2.24) is 4.98 Å². The smallest absolute Gasteiger partial charge is 0.398 e. The Hall–Kier alpha value is -2.98. The predicted molar refractivity (Wildman–Crippen MR) is 116 cm³/mol. The number of aromatic nitrogens is 1. The molecule has 0 amide bonds. The lowest BCUT2D eigenvalue weighted by molar-refractivity contribution is -0.0579. The first-order valence-electron chi connectivity index (χ1n) is 8.93. The quantitative estimate of drug-likeness (QED) is 0.534. The molecule has 0 aliphatic heterocycles. The van der Waals surface area contributed by atoms with Crippen LogP contribution >= 0.6 is 11.3 Å². The normalized spacial score (nSPS) is 13.4. The lowest BCUT2D eigenvalue weighted by Crippen LogP contribution is -2.22. The number of nitrogens with two attached hydrogens (primary N) is 1. The van der Waals surface area contributed by atoms with Gasteiger partial charge in [-0.2, -0.15) is 13.2 Å². The predicted octanol–water partition coefficient (Wildman–Crippen LogP) is 4.72. The molecule has 0 saturated carbocycles. The fraction of sp³-hybridized carbons (Fsp3) is 0.143. The standard InChI is InChI=1S/C21H18F3N3O2S2/c1-31(28,29)16-7-4-5-14(11-16)18-8-9-19(30-18)17(25)12-20(21(22,23)24)27-13-15-6-2-3-10-26-15/h2-12H,13,25H2,1H3. The minimum atomic E-state index is -4.68. The number of alkyl halides is 3. The highest BCUT2D eigenvalue weighted by Gasteiger charge is 2.34. The van der Waals surface area contributed by atoms with Crippen LogP contribution < -0.4 is 5.73 Å². The van der Waals surface area contributed by atoms with Crippen LogP contribution in [0.5, 0.6) is 0 Å². The number of sulfone groups is 1. The van der Waals surface area contributed by atoms with Gasteiger partial charge in [-0.15, -0.1) is 11.3 Å². The molecule has 0 radical (unpaired) electrons. The van der Waals surface area contributed by atoms with Crippen molar-refractivity contribution in [3.63, 3.8) is 0 Å². The SMILES string of the molecule is CS(=O)(=O)c1cccc(-c2ccc(C(N)=CC(=NCc3ccccn3)C(F)(F)F)s2)c1. The topological polar surface area (TPSA) is 85.4 Å². The van der Waals surface area contributed by atoms with Gasteiger partial charge in [-0.3, -0.25) is 9.98 Å². The Morgan fingerprint density at radius 1 is 1.16 bits per heavy atom. The average molecular weight is 466 g/mol. The Labute approximate surface area is 181 Å². The Bertz CT molecular complexity index is 1230. The number of hydrogen-bond donors (Lipinski definition) is 1. The Kier molecular flexibility index (Phi) is 6.61. The first-order valence-corrected chi connectivity index (χ1v) is 11.6. The molecular formula is C21H18F3N3O2S2. The van der Waals surface area contributed by atoms with Gasteiger partial charge in [-0.25, -0.2) is 8.42 Å². The number of nitrogens with zero attached hydrogens (tertiary/aromatic N) is 2. The van der Waals surface area contributed by atoms with Crippen LogP contribution in [-0.2, 0) is 16.4 Å². The summed E-state index contributed by atoms with van der Waals surface area (Å²) in [6, 6.07) is 14.5. The van der Waals surface area contributed by atoms with E-state index in [4.69, 9.17) is 5.73 Å². The molecule has 3 aromatic rings. The zero-order chi connectivity index (χ0) is 22.6. The van der Waals surface area contributed by atoms with Crippen molar-refractivity contribution in [2.75, 3.05) is 6.26 Å². The summed E-state index contributed by atoms with van der Waals surface area (Å²) in [4.78, 5) is 8.85. The second-order valence-electron chi connectivity index (χ2n) is 6.58. The molecule has 0 fully saturated rings. The van der Waals surface area contributed by atoms with E-state index in [-0.39, 0.29) is 17.1 Å². The highest BCUT2D eigenvalue weighted by atomic mass is 32.2. The van der Waals surface area contributed by atoms with Crippen molar-refractivity contribution < 1.29 is 21.6 Å². The summed E-state index contributed by atoms with van der Waals surface area (Å²) in [6.07, 6.45) is -1.29.